The number of anilines is 1. The van der Waals surface area contributed by atoms with Crippen molar-refractivity contribution in [2.45, 2.75) is 11.8 Å². The van der Waals surface area contributed by atoms with Crippen molar-refractivity contribution in [2.75, 3.05) is 24.7 Å². The number of aliphatic imine (C=N–C) groups is 1. The number of methoxy groups -OCH3 is 1. The molecule has 0 bridgehead atoms. The Morgan fingerprint density at radius 3 is 2.97 bits per heavy atom. The van der Waals surface area contributed by atoms with E-state index in [9.17, 15) is 4.79 Å². The lowest BCUT2D eigenvalue weighted by atomic mass is 10.1. The first-order valence-electron chi connectivity index (χ1n) is 8.96. The molecule has 0 saturated heterocycles. The van der Waals surface area contributed by atoms with Gasteiger partial charge < -0.3 is 21.5 Å². The average Bonchev–Trinajstić information content (AvgIpc) is 3.27. The number of H-pyrrole nitrogens is 1. The number of hydrogen-bond donors (Lipinski definition) is 4. The third kappa shape index (κ3) is 6.19. The highest BCUT2D eigenvalue weighted by atomic mass is 32.2. The van der Waals surface area contributed by atoms with E-state index in [-0.39, 0.29) is 16.9 Å². The summed E-state index contributed by atoms with van der Waals surface area (Å²) in [5.74, 6) is 1.70. The standard InChI is InChI=1S/C18H22N8O2S2/c1-28-12-4-2-3-11(7-12)8-13-15(27)23-18(26-25-13)21-5-6-30-16(24-17(19)20)14-9-29-10-22-14/h2-4,7,9-10,16H,5-6,8H2,1H3,(H4,19,20,24)(H2,21,23,26,27). The van der Waals surface area contributed by atoms with Gasteiger partial charge in [0.1, 0.15) is 16.8 Å². The van der Waals surface area contributed by atoms with E-state index < -0.39 is 0 Å². The van der Waals surface area contributed by atoms with E-state index in [1.165, 1.54) is 23.1 Å². The maximum absolute atomic E-state index is 12.3. The molecule has 2 aromatic heterocycles. The first kappa shape index (κ1) is 21.6. The third-order valence-electron chi connectivity index (χ3n) is 3.91. The summed E-state index contributed by atoms with van der Waals surface area (Å²) >= 11 is 3.00. The molecule has 0 amide bonds. The summed E-state index contributed by atoms with van der Waals surface area (Å²) in [6.07, 6.45) is 0.365. The predicted octanol–water partition coefficient (Wildman–Crippen LogP) is 1.34. The molecule has 3 aromatic rings. The van der Waals surface area contributed by atoms with Crippen LogP contribution in [-0.4, -0.2) is 45.5 Å². The second-order valence-electron chi connectivity index (χ2n) is 6.09. The fraction of sp³-hybridized carbons (Fsp3) is 0.278. The molecular formula is C18H22N8O2S2. The van der Waals surface area contributed by atoms with Crippen LogP contribution in [0.15, 0.2) is 44.9 Å². The van der Waals surface area contributed by atoms with Crippen LogP contribution in [0.5, 0.6) is 5.75 Å². The highest BCUT2D eigenvalue weighted by Crippen LogP contribution is 2.29. The van der Waals surface area contributed by atoms with Crippen LogP contribution in [0.4, 0.5) is 5.95 Å². The quantitative estimate of drug-likeness (QED) is 0.205. The molecule has 0 aliphatic rings. The summed E-state index contributed by atoms with van der Waals surface area (Å²) in [6, 6.07) is 7.48. The molecule has 0 saturated carbocycles. The van der Waals surface area contributed by atoms with E-state index >= 15 is 0 Å². The summed E-state index contributed by atoms with van der Waals surface area (Å²) < 4.78 is 5.20. The van der Waals surface area contributed by atoms with Crippen molar-refractivity contribution in [3.05, 3.63) is 62.5 Å². The van der Waals surface area contributed by atoms with Crippen molar-refractivity contribution in [3.63, 3.8) is 0 Å². The highest BCUT2D eigenvalue weighted by molar-refractivity contribution is 7.99. The zero-order valence-corrected chi connectivity index (χ0v) is 17.9. The Morgan fingerprint density at radius 1 is 1.40 bits per heavy atom. The van der Waals surface area contributed by atoms with Gasteiger partial charge in [0.05, 0.1) is 18.3 Å². The fourth-order valence-electron chi connectivity index (χ4n) is 2.54. The minimum Gasteiger partial charge on any atom is -0.497 e. The van der Waals surface area contributed by atoms with Gasteiger partial charge in [0.2, 0.25) is 5.95 Å². The number of nitrogens with two attached hydrogens (primary N) is 2. The number of hydrogen-bond acceptors (Lipinski definition) is 9. The molecule has 12 heteroatoms. The number of thioether (sulfide) groups is 1. The first-order chi connectivity index (χ1) is 14.5. The topological polar surface area (TPSA) is 157 Å². The van der Waals surface area contributed by atoms with Gasteiger partial charge in [-0.25, -0.2) is 9.98 Å². The SMILES string of the molecule is COc1cccc(Cc2nnc(NCCSC(N=C(N)N)c3cscn3)[nH]c2=O)c1. The lowest BCUT2D eigenvalue weighted by molar-refractivity contribution is 0.414. The summed E-state index contributed by atoms with van der Waals surface area (Å²) in [5.41, 5.74) is 14.5. The lowest BCUT2D eigenvalue weighted by Gasteiger charge is -2.11. The zero-order chi connectivity index (χ0) is 21.3. The summed E-state index contributed by atoms with van der Waals surface area (Å²) in [7, 11) is 1.60. The van der Waals surface area contributed by atoms with Crippen molar-refractivity contribution in [1.29, 1.82) is 0 Å². The maximum Gasteiger partial charge on any atom is 0.274 e. The van der Waals surface area contributed by atoms with Crippen molar-refractivity contribution in [1.82, 2.24) is 20.2 Å². The van der Waals surface area contributed by atoms with E-state index in [4.69, 9.17) is 16.2 Å². The van der Waals surface area contributed by atoms with Crippen LogP contribution in [0, 0.1) is 0 Å². The molecule has 1 unspecified atom stereocenters. The zero-order valence-electron chi connectivity index (χ0n) is 16.2. The molecule has 0 aliphatic carbocycles. The maximum atomic E-state index is 12.3. The number of aromatic amines is 1. The number of nitrogens with zero attached hydrogens (tertiary/aromatic N) is 4. The van der Waals surface area contributed by atoms with Crippen LogP contribution in [-0.2, 0) is 6.42 Å². The van der Waals surface area contributed by atoms with Gasteiger partial charge in [-0.05, 0) is 17.7 Å². The largest absolute Gasteiger partial charge is 0.497 e. The normalized spacial score (nSPS) is 11.6. The Hall–Kier alpha value is -3.12. The fourth-order valence-corrected chi connectivity index (χ4v) is 4.14. The third-order valence-corrected chi connectivity index (χ3v) is 5.62. The van der Waals surface area contributed by atoms with Gasteiger partial charge in [-0.2, -0.15) is 0 Å². The van der Waals surface area contributed by atoms with E-state index in [0.29, 0.717) is 30.4 Å². The molecule has 10 nitrogen and oxygen atoms in total. The van der Waals surface area contributed by atoms with Crippen LogP contribution < -0.4 is 27.1 Å². The van der Waals surface area contributed by atoms with Gasteiger partial charge in [0.15, 0.2) is 5.96 Å². The smallest absolute Gasteiger partial charge is 0.274 e. The van der Waals surface area contributed by atoms with Gasteiger partial charge in [-0.3, -0.25) is 9.78 Å². The second-order valence-corrected chi connectivity index (χ2v) is 8.00. The minimum absolute atomic E-state index is 0.00952. The number of nitrogens with one attached hydrogen (secondary N) is 2. The minimum atomic E-state index is -0.288. The van der Waals surface area contributed by atoms with E-state index in [0.717, 1.165) is 17.0 Å². The number of benzene rings is 1. The lowest BCUT2D eigenvalue weighted by Crippen LogP contribution is -2.23. The van der Waals surface area contributed by atoms with Gasteiger partial charge in [-0.1, -0.05) is 12.1 Å². The van der Waals surface area contributed by atoms with E-state index in [1.807, 2.05) is 29.6 Å². The van der Waals surface area contributed by atoms with Gasteiger partial charge in [0, 0.05) is 24.1 Å². The molecule has 158 valence electrons. The van der Waals surface area contributed by atoms with Crippen LogP contribution in [0.25, 0.3) is 0 Å². The van der Waals surface area contributed by atoms with Crippen molar-refractivity contribution >= 4 is 35.0 Å². The molecular weight excluding hydrogens is 424 g/mol. The van der Waals surface area contributed by atoms with Crippen LogP contribution in [0.3, 0.4) is 0 Å². The second kappa shape index (κ2) is 10.6. The molecule has 30 heavy (non-hydrogen) atoms. The Morgan fingerprint density at radius 2 is 2.27 bits per heavy atom. The Kier molecular flexibility index (Phi) is 7.63. The first-order valence-corrected chi connectivity index (χ1v) is 11.0. The summed E-state index contributed by atoms with van der Waals surface area (Å²) in [4.78, 5) is 23.5. The van der Waals surface area contributed by atoms with E-state index in [1.54, 1.807) is 12.6 Å². The summed E-state index contributed by atoms with van der Waals surface area (Å²) in [5, 5.41) is 12.8. The Bertz CT molecular complexity index is 1030. The van der Waals surface area contributed by atoms with Crippen molar-refractivity contribution in [2.24, 2.45) is 16.5 Å². The number of thiazole rings is 1. The van der Waals surface area contributed by atoms with Crippen molar-refractivity contribution in [3.8, 4) is 5.75 Å². The monoisotopic (exact) mass is 446 g/mol. The number of rotatable bonds is 10. The number of aromatic nitrogens is 4. The molecule has 3 rings (SSSR count). The van der Waals surface area contributed by atoms with Gasteiger partial charge in [0.25, 0.3) is 5.56 Å². The molecule has 2 heterocycles. The van der Waals surface area contributed by atoms with Gasteiger partial charge >= 0.3 is 0 Å². The molecule has 6 N–H and O–H groups in total. The number of ether oxygens (including phenoxy) is 1. The molecule has 1 atom stereocenters. The molecule has 0 aliphatic heterocycles. The average molecular weight is 447 g/mol. The summed E-state index contributed by atoms with van der Waals surface area (Å²) in [6.45, 7) is 0.533. The predicted molar refractivity (Wildman–Crippen MR) is 120 cm³/mol. The highest BCUT2D eigenvalue weighted by Gasteiger charge is 2.13. The van der Waals surface area contributed by atoms with E-state index in [2.05, 4.69) is 30.5 Å². The molecule has 0 fully saturated rings. The van der Waals surface area contributed by atoms with Gasteiger partial charge in [-0.15, -0.1) is 33.3 Å². The van der Waals surface area contributed by atoms with Crippen molar-refractivity contribution < 1.29 is 4.74 Å². The Labute approximate surface area is 181 Å². The van der Waals surface area contributed by atoms with Crippen LogP contribution in [0.2, 0.25) is 0 Å². The van der Waals surface area contributed by atoms with Crippen LogP contribution >= 0.6 is 23.1 Å². The molecule has 0 spiro atoms. The Balaban J connectivity index is 1.54. The molecule has 1 aromatic carbocycles. The van der Waals surface area contributed by atoms with Crippen LogP contribution in [0.1, 0.15) is 22.3 Å². The molecule has 0 radical (unpaired) electrons. The number of guanidine groups is 1.